The highest BCUT2D eigenvalue weighted by Crippen LogP contribution is 2.41. The Balaban J connectivity index is 1.56. The Morgan fingerprint density at radius 2 is 2.09 bits per heavy atom. The number of pyridine rings is 1. The van der Waals surface area contributed by atoms with Gasteiger partial charge in [-0.25, -0.2) is 4.79 Å². The first kappa shape index (κ1) is 13.4. The van der Waals surface area contributed by atoms with Crippen molar-refractivity contribution in [2.75, 3.05) is 11.4 Å². The van der Waals surface area contributed by atoms with Crippen LogP contribution in [0.2, 0.25) is 0 Å². The number of nitrogens with zero attached hydrogens (tertiary/aromatic N) is 3. The molecule has 1 aromatic rings. The summed E-state index contributed by atoms with van der Waals surface area (Å²) in [5.74, 6) is -0.231. The Kier molecular flexibility index (Phi) is 2.83. The summed E-state index contributed by atoms with van der Waals surface area (Å²) < 4.78 is 5.70. The van der Waals surface area contributed by atoms with E-state index in [4.69, 9.17) is 4.74 Å². The van der Waals surface area contributed by atoms with Crippen LogP contribution >= 0.6 is 0 Å². The Bertz CT molecular complexity index is 620. The van der Waals surface area contributed by atoms with Gasteiger partial charge in [0.2, 0.25) is 0 Å². The van der Waals surface area contributed by atoms with Gasteiger partial charge in [0.25, 0.3) is 0 Å². The molecule has 3 fully saturated rings. The van der Waals surface area contributed by atoms with E-state index < -0.39 is 16.6 Å². The third-order valence-corrected chi connectivity index (χ3v) is 4.77. The zero-order valence-electron chi connectivity index (χ0n) is 11.9. The lowest BCUT2D eigenvalue weighted by atomic mass is 9.87. The number of hydrogen-bond acceptors (Lipinski definition) is 6. The van der Waals surface area contributed by atoms with Crippen LogP contribution in [0.5, 0.6) is 0 Å². The van der Waals surface area contributed by atoms with Gasteiger partial charge in [0.1, 0.15) is 5.60 Å². The van der Waals surface area contributed by atoms with Crippen molar-refractivity contribution in [3.05, 3.63) is 28.4 Å². The molecule has 116 valence electrons. The van der Waals surface area contributed by atoms with Crippen LogP contribution in [0.25, 0.3) is 0 Å². The van der Waals surface area contributed by atoms with E-state index in [1.165, 1.54) is 17.2 Å². The van der Waals surface area contributed by atoms with E-state index >= 15 is 0 Å². The highest BCUT2D eigenvalue weighted by molar-refractivity contribution is 5.90. The number of piperidine rings is 1. The summed E-state index contributed by atoms with van der Waals surface area (Å²) in [6, 6.07) is 3.68. The predicted octanol–water partition coefficient (Wildman–Crippen LogP) is 1.60. The molecule has 2 unspecified atom stereocenters. The number of hydrogen-bond donors (Lipinski definition) is 1. The van der Waals surface area contributed by atoms with E-state index in [2.05, 4.69) is 10.3 Å². The number of nitro groups is 1. The normalized spacial score (nSPS) is 33.3. The molecule has 0 radical (unpaired) electrons. The fraction of sp³-hybridized carbons (Fsp3) is 0.571. The molecule has 3 saturated heterocycles. The number of anilines is 1. The largest absolute Gasteiger partial charge is 0.441 e. The number of fused-ring (bicyclic) bond motifs is 2. The smallest absolute Gasteiger partial charge is 0.415 e. The minimum atomic E-state index is -0.557. The van der Waals surface area contributed by atoms with Crippen LogP contribution in [0, 0.1) is 10.1 Å². The first-order chi connectivity index (χ1) is 10.5. The highest BCUT2D eigenvalue weighted by atomic mass is 16.6. The van der Waals surface area contributed by atoms with Gasteiger partial charge in [-0.05, 0) is 28.8 Å². The molecule has 1 amide bonds. The highest BCUT2D eigenvalue weighted by Gasteiger charge is 2.52. The molecule has 4 rings (SSSR count). The van der Waals surface area contributed by atoms with Gasteiger partial charge >= 0.3 is 11.9 Å². The summed E-state index contributed by atoms with van der Waals surface area (Å²) >= 11 is 0. The lowest BCUT2D eigenvalue weighted by Gasteiger charge is -2.36. The molecular weight excluding hydrogens is 288 g/mol. The minimum absolute atomic E-state index is 0.231. The maximum atomic E-state index is 12.2. The molecule has 8 heteroatoms. The van der Waals surface area contributed by atoms with Gasteiger partial charge in [-0.15, -0.1) is 0 Å². The summed E-state index contributed by atoms with van der Waals surface area (Å²) in [5.41, 5.74) is 0.106. The van der Waals surface area contributed by atoms with E-state index in [0.29, 0.717) is 24.3 Å². The van der Waals surface area contributed by atoms with Crippen molar-refractivity contribution in [3.8, 4) is 0 Å². The van der Waals surface area contributed by atoms with Crippen LogP contribution in [-0.2, 0) is 4.74 Å². The Labute approximate surface area is 126 Å². The number of aromatic nitrogens is 1. The van der Waals surface area contributed by atoms with E-state index in [0.717, 1.165) is 25.7 Å². The van der Waals surface area contributed by atoms with Crippen LogP contribution in [0.1, 0.15) is 25.7 Å². The molecular formula is C14H16N4O4. The quantitative estimate of drug-likeness (QED) is 0.658. The molecule has 1 N–H and O–H groups in total. The molecule has 2 bridgehead atoms. The van der Waals surface area contributed by atoms with E-state index in [1.807, 2.05) is 0 Å². The lowest BCUT2D eigenvalue weighted by molar-refractivity contribution is -0.389. The third kappa shape index (κ3) is 2.10. The molecule has 0 aromatic carbocycles. The van der Waals surface area contributed by atoms with E-state index in [9.17, 15) is 14.9 Å². The lowest BCUT2D eigenvalue weighted by Crippen LogP contribution is -2.50. The second-order valence-electron chi connectivity index (χ2n) is 6.31. The van der Waals surface area contributed by atoms with Crippen LogP contribution in [0.15, 0.2) is 18.3 Å². The first-order valence-corrected chi connectivity index (χ1v) is 7.42. The summed E-state index contributed by atoms with van der Waals surface area (Å²) in [5, 5.41) is 14.2. The molecule has 8 nitrogen and oxygen atoms in total. The number of rotatable bonds is 2. The SMILES string of the molecule is O=C1OC2(CC3CCC(C2)N3)CN1c1ccc([N+](=O)[O-])nc1. The van der Waals surface area contributed by atoms with E-state index in [1.54, 1.807) is 6.07 Å². The molecule has 1 spiro atoms. The van der Waals surface area contributed by atoms with Crippen LogP contribution < -0.4 is 10.2 Å². The number of nitrogens with one attached hydrogen (secondary N) is 1. The molecule has 4 heterocycles. The number of carbonyl (C=O) groups is 1. The number of amides is 1. The molecule has 3 aliphatic rings. The molecule has 3 aliphatic heterocycles. The Morgan fingerprint density at radius 1 is 1.36 bits per heavy atom. The minimum Gasteiger partial charge on any atom is -0.441 e. The van der Waals surface area contributed by atoms with Gasteiger partial charge < -0.3 is 20.2 Å². The molecule has 0 aliphatic carbocycles. The van der Waals surface area contributed by atoms with Crippen LogP contribution in [-0.4, -0.2) is 40.2 Å². The second kappa shape index (κ2) is 4.64. The van der Waals surface area contributed by atoms with Gasteiger partial charge in [0.05, 0.1) is 12.2 Å². The molecule has 0 saturated carbocycles. The van der Waals surface area contributed by atoms with Gasteiger partial charge in [0.15, 0.2) is 6.20 Å². The summed E-state index contributed by atoms with van der Waals surface area (Å²) in [6.45, 7) is 0.486. The van der Waals surface area contributed by atoms with Crippen molar-refractivity contribution in [2.24, 2.45) is 0 Å². The zero-order chi connectivity index (χ0) is 15.3. The average molecular weight is 304 g/mol. The molecule has 22 heavy (non-hydrogen) atoms. The Hall–Kier alpha value is -2.22. The average Bonchev–Trinajstić information content (AvgIpc) is 2.99. The third-order valence-electron chi connectivity index (χ3n) is 4.77. The van der Waals surface area contributed by atoms with Crippen molar-refractivity contribution >= 4 is 17.6 Å². The maximum absolute atomic E-state index is 12.2. The second-order valence-corrected chi connectivity index (χ2v) is 6.31. The topological polar surface area (TPSA) is 97.6 Å². The summed E-state index contributed by atoms with van der Waals surface area (Å²) in [4.78, 5) is 27.6. The molecule has 1 aromatic heterocycles. The van der Waals surface area contributed by atoms with Gasteiger partial charge in [-0.1, -0.05) is 0 Å². The van der Waals surface area contributed by atoms with Crippen LogP contribution in [0.3, 0.4) is 0 Å². The van der Waals surface area contributed by atoms with Gasteiger partial charge in [0, 0.05) is 31.0 Å². The van der Waals surface area contributed by atoms with Gasteiger partial charge in [-0.3, -0.25) is 4.90 Å². The van der Waals surface area contributed by atoms with Crippen molar-refractivity contribution in [1.29, 1.82) is 0 Å². The van der Waals surface area contributed by atoms with Crippen molar-refractivity contribution in [3.63, 3.8) is 0 Å². The predicted molar refractivity (Wildman–Crippen MR) is 76.6 cm³/mol. The van der Waals surface area contributed by atoms with Crippen LogP contribution in [0.4, 0.5) is 16.3 Å². The fourth-order valence-corrected chi connectivity index (χ4v) is 3.89. The van der Waals surface area contributed by atoms with E-state index in [-0.39, 0.29) is 5.82 Å². The Morgan fingerprint density at radius 3 is 2.68 bits per heavy atom. The van der Waals surface area contributed by atoms with Crippen molar-refractivity contribution in [1.82, 2.24) is 10.3 Å². The summed E-state index contributed by atoms with van der Waals surface area (Å²) in [7, 11) is 0. The number of ether oxygens (including phenoxy) is 1. The van der Waals surface area contributed by atoms with Gasteiger partial charge in [-0.2, -0.15) is 0 Å². The monoisotopic (exact) mass is 304 g/mol. The number of carbonyl (C=O) groups excluding carboxylic acids is 1. The molecule has 2 atom stereocenters. The first-order valence-electron chi connectivity index (χ1n) is 7.42. The zero-order valence-corrected chi connectivity index (χ0v) is 11.9. The summed E-state index contributed by atoms with van der Waals surface area (Å²) in [6.07, 6.45) is 4.87. The van der Waals surface area contributed by atoms with Crippen molar-refractivity contribution < 1.29 is 14.5 Å². The van der Waals surface area contributed by atoms with Crippen molar-refractivity contribution in [2.45, 2.75) is 43.4 Å². The fourth-order valence-electron chi connectivity index (χ4n) is 3.89. The maximum Gasteiger partial charge on any atom is 0.415 e. The standard InChI is InChI=1S/C14H16N4O4/c19-13-17(11-3-4-12(15-7-11)18(20)21)8-14(22-13)5-9-1-2-10(6-14)16-9/h3-4,7,9-10,16H,1-2,5-6,8H2.